The van der Waals surface area contributed by atoms with Crippen molar-refractivity contribution in [3.63, 3.8) is 0 Å². The van der Waals surface area contributed by atoms with Gasteiger partial charge < -0.3 is 15.3 Å². The quantitative estimate of drug-likeness (QED) is 0.131. The number of anilines is 1. The van der Waals surface area contributed by atoms with Crippen molar-refractivity contribution >= 4 is 55.9 Å². The minimum Gasteiger partial charge on any atom is -0.354 e. The number of halogens is 6. The van der Waals surface area contributed by atoms with E-state index < -0.39 is 39.9 Å². The fourth-order valence-corrected chi connectivity index (χ4v) is 5.81. The Labute approximate surface area is 251 Å². The van der Waals surface area contributed by atoms with Gasteiger partial charge in [0.25, 0.3) is 5.91 Å². The Morgan fingerprint density at radius 3 is 2.20 bits per heavy atom. The van der Waals surface area contributed by atoms with E-state index in [1.54, 1.807) is 30.3 Å². The monoisotopic (exact) mass is 615 g/mol. The molecule has 0 saturated heterocycles. The van der Waals surface area contributed by atoms with Gasteiger partial charge in [0.15, 0.2) is 0 Å². The van der Waals surface area contributed by atoms with E-state index in [0.717, 1.165) is 47.3 Å². The molecule has 2 heterocycles. The number of amides is 1. The van der Waals surface area contributed by atoms with Crippen LogP contribution >= 0.6 is 11.6 Å². The van der Waals surface area contributed by atoms with E-state index in [-0.39, 0.29) is 22.2 Å². The number of para-hydroxylation sites is 2. The van der Waals surface area contributed by atoms with Crippen LogP contribution in [0.2, 0.25) is 0 Å². The molecule has 0 radical (unpaired) electrons. The average molecular weight is 616 g/mol. The number of alkyl halides is 3. The minimum absolute atomic E-state index is 0.0548. The number of hydrogen-bond acceptors (Lipinski definition) is 1. The summed E-state index contributed by atoms with van der Waals surface area (Å²) in [4.78, 5) is 20.5. The van der Waals surface area contributed by atoms with E-state index in [4.69, 9.17) is 11.6 Å². The maximum atomic E-state index is 15.3. The first kappa shape index (κ1) is 27.7. The van der Waals surface area contributed by atoms with Crippen molar-refractivity contribution in [2.24, 2.45) is 0 Å². The van der Waals surface area contributed by atoms with E-state index in [9.17, 15) is 18.0 Å². The van der Waals surface area contributed by atoms with Crippen molar-refractivity contribution in [3.05, 3.63) is 126 Å². The maximum absolute atomic E-state index is 15.3. The summed E-state index contributed by atoms with van der Waals surface area (Å²) in [5.74, 6) is -3.44. The standard InChI is InChI=1S/C34H19ClF5N3O/c35-34(39,40)24-16-23(28-13-17-5-1-3-7-26(17)41-28)32-30(21-6-2-4-8-27(21)42-32)31(24)33(44)43-29-15-19(37)9-11-20(29)22-14-18(36)10-12-25(22)38/h1-16,41-42H,(H,43,44). The Kier molecular flexibility index (Phi) is 6.44. The SMILES string of the molecule is O=C(Nc1cc(F)ccc1-c1cc(F)ccc1F)c1c(C(F)(F)Cl)cc(-c2cc3ccccc3[nH]2)c2[nH]c3ccccc3c12. The zero-order chi connectivity index (χ0) is 30.7. The van der Waals surface area contributed by atoms with Crippen LogP contribution in [0.25, 0.3) is 55.1 Å². The number of H-pyrrole nitrogens is 2. The molecule has 4 nitrogen and oxygen atoms in total. The fraction of sp³-hybridized carbons (Fsp3) is 0.0294. The van der Waals surface area contributed by atoms with Gasteiger partial charge in [-0.3, -0.25) is 4.79 Å². The lowest BCUT2D eigenvalue weighted by molar-refractivity contribution is 0.0895. The van der Waals surface area contributed by atoms with Crippen molar-refractivity contribution < 1.29 is 26.7 Å². The fourth-order valence-electron chi connectivity index (χ4n) is 5.66. The molecule has 1 amide bonds. The molecule has 0 spiro atoms. The molecule has 0 aliphatic heterocycles. The highest BCUT2D eigenvalue weighted by Gasteiger charge is 2.37. The van der Waals surface area contributed by atoms with Crippen LogP contribution in [0.1, 0.15) is 15.9 Å². The molecule has 5 aromatic carbocycles. The Balaban J connectivity index is 1.48. The lowest BCUT2D eigenvalue weighted by Crippen LogP contribution is -2.19. The van der Waals surface area contributed by atoms with E-state index in [0.29, 0.717) is 27.7 Å². The van der Waals surface area contributed by atoms with E-state index in [1.807, 2.05) is 24.3 Å². The second-order valence-electron chi connectivity index (χ2n) is 10.3. The van der Waals surface area contributed by atoms with Crippen LogP contribution in [-0.4, -0.2) is 15.9 Å². The number of rotatable bonds is 5. The Morgan fingerprint density at radius 2 is 1.43 bits per heavy atom. The van der Waals surface area contributed by atoms with Crippen molar-refractivity contribution in [1.82, 2.24) is 9.97 Å². The van der Waals surface area contributed by atoms with Crippen LogP contribution in [0.15, 0.2) is 97.1 Å². The summed E-state index contributed by atoms with van der Waals surface area (Å²) in [6.07, 6.45) is 0. The van der Waals surface area contributed by atoms with Gasteiger partial charge in [0.2, 0.25) is 0 Å². The van der Waals surface area contributed by atoms with E-state index in [1.165, 1.54) is 6.07 Å². The first-order chi connectivity index (χ1) is 21.1. The molecule has 0 aliphatic rings. The predicted molar refractivity (Wildman–Crippen MR) is 163 cm³/mol. The summed E-state index contributed by atoms with van der Waals surface area (Å²) < 4.78 is 73.8. The Bertz CT molecular complexity index is 2230. The molecule has 7 aromatic rings. The molecule has 7 rings (SSSR count). The molecule has 0 unspecified atom stereocenters. The van der Waals surface area contributed by atoms with Gasteiger partial charge in [-0.25, -0.2) is 13.2 Å². The normalized spacial score (nSPS) is 12.0. The van der Waals surface area contributed by atoms with Crippen LogP contribution in [0.3, 0.4) is 0 Å². The highest BCUT2D eigenvalue weighted by molar-refractivity contribution is 6.27. The van der Waals surface area contributed by atoms with Gasteiger partial charge in [-0.2, -0.15) is 8.78 Å². The van der Waals surface area contributed by atoms with Gasteiger partial charge in [0.1, 0.15) is 17.5 Å². The van der Waals surface area contributed by atoms with Gasteiger partial charge in [0.05, 0.1) is 22.3 Å². The van der Waals surface area contributed by atoms with Gasteiger partial charge in [-0.05, 0) is 72.3 Å². The molecule has 0 bridgehead atoms. The highest BCUT2D eigenvalue weighted by atomic mass is 35.5. The molecule has 218 valence electrons. The Morgan fingerprint density at radius 1 is 0.727 bits per heavy atom. The summed E-state index contributed by atoms with van der Waals surface area (Å²) >= 11 is 5.67. The molecule has 2 aromatic heterocycles. The second-order valence-corrected chi connectivity index (χ2v) is 10.8. The van der Waals surface area contributed by atoms with Crippen molar-refractivity contribution in [1.29, 1.82) is 0 Å². The first-order valence-corrected chi connectivity index (χ1v) is 13.8. The van der Waals surface area contributed by atoms with E-state index >= 15 is 8.78 Å². The summed E-state index contributed by atoms with van der Waals surface area (Å²) in [5.41, 5.74) is 0.742. The number of carbonyl (C=O) groups is 1. The summed E-state index contributed by atoms with van der Waals surface area (Å²) in [7, 11) is 0. The molecule has 0 atom stereocenters. The Hall–Kier alpha value is -5.15. The van der Waals surface area contributed by atoms with Crippen molar-refractivity contribution in [3.8, 4) is 22.4 Å². The third kappa shape index (κ3) is 4.66. The maximum Gasteiger partial charge on any atom is 0.349 e. The molecule has 0 saturated carbocycles. The summed E-state index contributed by atoms with van der Waals surface area (Å²) in [5, 5.41) is -0.0862. The number of aromatic nitrogens is 2. The van der Waals surface area contributed by atoms with Crippen LogP contribution in [0.4, 0.5) is 27.6 Å². The van der Waals surface area contributed by atoms with Gasteiger partial charge >= 0.3 is 5.38 Å². The third-order valence-corrected chi connectivity index (χ3v) is 7.79. The van der Waals surface area contributed by atoms with Crippen LogP contribution < -0.4 is 5.32 Å². The molecular formula is C34H19ClF5N3O. The topological polar surface area (TPSA) is 60.7 Å². The number of carbonyl (C=O) groups excluding carboxylic acids is 1. The smallest absolute Gasteiger partial charge is 0.349 e. The average Bonchev–Trinajstić information content (AvgIpc) is 3.59. The molecule has 10 heteroatoms. The van der Waals surface area contributed by atoms with Crippen LogP contribution in [-0.2, 0) is 5.38 Å². The number of nitrogens with one attached hydrogen (secondary N) is 3. The zero-order valence-corrected chi connectivity index (χ0v) is 23.2. The second kappa shape index (κ2) is 10.2. The summed E-state index contributed by atoms with van der Waals surface area (Å²) in [6.45, 7) is 0. The third-order valence-electron chi connectivity index (χ3n) is 7.58. The number of benzene rings is 5. The van der Waals surface area contributed by atoms with Crippen molar-refractivity contribution in [2.45, 2.75) is 5.38 Å². The van der Waals surface area contributed by atoms with Gasteiger partial charge in [-0.1, -0.05) is 36.4 Å². The number of fused-ring (bicyclic) bond motifs is 4. The molecule has 0 fully saturated rings. The molecule has 44 heavy (non-hydrogen) atoms. The molecule has 3 N–H and O–H groups in total. The van der Waals surface area contributed by atoms with Crippen LogP contribution in [0.5, 0.6) is 0 Å². The minimum atomic E-state index is -4.01. The van der Waals surface area contributed by atoms with Crippen molar-refractivity contribution in [2.75, 3.05) is 5.32 Å². The zero-order valence-electron chi connectivity index (χ0n) is 22.4. The highest BCUT2D eigenvalue weighted by Crippen LogP contribution is 2.45. The van der Waals surface area contributed by atoms with Gasteiger partial charge in [0, 0.05) is 49.6 Å². The molecular weight excluding hydrogens is 597 g/mol. The first-order valence-electron chi connectivity index (χ1n) is 13.4. The van der Waals surface area contributed by atoms with Gasteiger partial charge in [-0.15, -0.1) is 0 Å². The lowest BCUT2D eigenvalue weighted by atomic mass is 9.94. The van der Waals surface area contributed by atoms with E-state index in [2.05, 4.69) is 15.3 Å². The number of aromatic amines is 2. The largest absolute Gasteiger partial charge is 0.354 e. The number of hydrogen-bond donors (Lipinski definition) is 3. The van der Waals surface area contributed by atoms with Crippen LogP contribution in [0, 0.1) is 17.5 Å². The summed E-state index contributed by atoms with van der Waals surface area (Å²) in [6, 6.07) is 23.0. The molecule has 0 aliphatic carbocycles. The lowest BCUT2D eigenvalue weighted by Gasteiger charge is -2.19. The predicted octanol–water partition coefficient (Wildman–Crippen LogP) is 10.1.